The standard InChI is InChI=1S/C14H13BO3/c16-15-14-7-13(4-2-10(14)8-17-15)18-12-3-1-9-5-11(9)6-12/h1-4,6-7,9,11,16H,5,8H2. The maximum atomic E-state index is 9.65. The lowest BCUT2D eigenvalue weighted by Gasteiger charge is -2.10. The Bertz CT molecular complexity index is 564. The van der Waals surface area contributed by atoms with Crippen molar-refractivity contribution in [2.75, 3.05) is 0 Å². The minimum absolute atomic E-state index is 0.475. The minimum atomic E-state index is -0.813. The van der Waals surface area contributed by atoms with E-state index in [4.69, 9.17) is 9.39 Å². The van der Waals surface area contributed by atoms with Crippen molar-refractivity contribution in [3.63, 3.8) is 0 Å². The largest absolute Gasteiger partial charge is 0.491 e. The van der Waals surface area contributed by atoms with Gasteiger partial charge in [0.05, 0.1) is 6.61 Å². The molecule has 3 nitrogen and oxygen atoms in total. The highest BCUT2D eigenvalue weighted by molar-refractivity contribution is 6.61. The summed E-state index contributed by atoms with van der Waals surface area (Å²) < 4.78 is 11.0. The van der Waals surface area contributed by atoms with Gasteiger partial charge in [-0.15, -0.1) is 0 Å². The van der Waals surface area contributed by atoms with Gasteiger partial charge in [-0.05, 0) is 53.6 Å². The zero-order chi connectivity index (χ0) is 12.1. The molecule has 1 fully saturated rings. The maximum absolute atomic E-state index is 9.65. The summed E-state index contributed by atoms with van der Waals surface area (Å²) in [4.78, 5) is 0. The molecule has 0 spiro atoms. The molecule has 0 amide bonds. The van der Waals surface area contributed by atoms with Gasteiger partial charge < -0.3 is 14.4 Å². The second kappa shape index (κ2) is 3.74. The first-order valence-electron chi connectivity index (χ1n) is 6.30. The molecule has 2 atom stereocenters. The van der Waals surface area contributed by atoms with E-state index in [-0.39, 0.29) is 0 Å². The Hall–Kier alpha value is -1.52. The molecule has 0 bridgehead atoms. The highest BCUT2D eigenvalue weighted by Gasteiger charge is 2.35. The Labute approximate surface area is 106 Å². The van der Waals surface area contributed by atoms with Crippen LogP contribution >= 0.6 is 0 Å². The second-order valence-electron chi connectivity index (χ2n) is 5.12. The number of hydrogen-bond acceptors (Lipinski definition) is 3. The van der Waals surface area contributed by atoms with Gasteiger partial charge in [-0.2, -0.15) is 0 Å². The Balaban J connectivity index is 1.59. The molecular weight excluding hydrogens is 227 g/mol. The summed E-state index contributed by atoms with van der Waals surface area (Å²) in [5, 5.41) is 9.65. The molecule has 2 aliphatic carbocycles. The van der Waals surface area contributed by atoms with Crippen LogP contribution in [0.5, 0.6) is 5.75 Å². The van der Waals surface area contributed by atoms with Gasteiger partial charge in [-0.25, -0.2) is 0 Å². The molecule has 1 aromatic rings. The topological polar surface area (TPSA) is 38.7 Å². The van der Waals surface area contributed by atoms with Gasteiger partial charge in [0.2, 0.25) is 0 Å². The van der Waals surface area contributed by atoms with Crippen LogP contribution in [-0.2, 0) is 11.3 Å². The lowest BCUT2D eigenvalue weighted by atomic mass is 9.79. The van der Waals surface area contributed by atoms with Gasteiger partial charge in [-0.3, -0.25) is 0 Å². The zero-order valence-corrected chi connectivity index (χ0v) is 9.87. The van der Waals surface area contributed by atoms with Crippen molar-refractivity contribution in [3.8, 4) is 5.75 Å². The van der Waals surface area contributed by atoms with Gasteiger partial charge in [0.25, 0.3) is 0 Å². The van der Waals surface area contributed by atoms with Crippen molar-refractivity contribution in [2.24, 2.45) is 11.8 Å². The monoisotopic (exact) mass is 240 g/mol. The van der Waals surface area contributed by atoms with E-state index in [0.29, 0.717) is 12.5 Å². The lowest BCUT2D eigenvalue weighted by molar-refractivity contribution is 0.275. The Morgan fingerprint density at radius 1 is 1.33 bits per heavy atom. The number of fused-ring (bicyclic) bond motifs is 2. The average molecular weight is 240 g/mol. The third kappa shape index (κ3) is 1.69. The number of allylic oxidation sites excluding steroid dienone is 3. The average Bonchev–Trinajstić information content (AvgIpc) is 3.07. The quantitative estimate of drug-likeness (QED) is 0.793. The smallest absolute Gasteiger partial charge is 0.458 e. The predicted octanol–water partition coefficient (Wildman–Crippen LogP) is 1.37. The Morgan fingerprint density at radius 3 is 3.17 bits per heavy atom. The first kappa shape index (κ1) is 10.4. The molecular formula is C14H13BO3. The molecule has 0 radical (unpaired) electrons. The highest BCUT2D eigenvalue weighted by atomic mass is 16.5. The number of benzene rings is 1. The normalized spacial score (nSPS) is 27.6. The van der Waals surface area contributed by atoms with E-state index >= 15 is 0 Å². The molecule has 1 N–H and O–H groups in total. The van der Waals surface area contributed by atoms with E-state index in [9.17, 15) is 5.02 Å². The van der Waals surface area contributed by atoms with Crippen LogP contribution in [0.25, 0.3) is 0 Å². The first-order valence-corrected chi connectivity index (χ1v) is 6.30. The van der Waals surface area contributed by atoms with E-state index in [1.165, 1.54) is 6.42 Å². The highest BCUT2D eigenvalue weighted by Crippen LogP contribution is 2.44. The third-order valence-electron chi connectivity index (χ3n) is 3.79. The third-order valence-corrected chi connectivity index (χ3v) is 3.79. The molecule has 0 saturated heterocycles. The lowest BCUT2D eigenvalue weighted by Crippen LogP contribution is -2.27. The summed E-state index contributed by atoms with van der Waals surface area (Å²) in [5.41, 5.74) is 1.85. The first-order chi connectivity index (χ1) is 8.79. The van der Waals surface area contributed by atoms with E-state index in [1.54, 1.807) is 0 Å². The van der Waals surface area contributed by atoms with Crippen molar-refractivity contribution in [2.45, 2.75) is 13.0 Å². The van der Waals surface area contributed by atoms with Crippen LogP contribution in [0.1, 0.15) is 12.0 Å². The fraction of sp³-hybridized carbons (Fsp3) is 0.286. The molecule has 2 unspecified atom stereocenters. The van der Waals surface area contributed by atoms with Gasteiger partial charge in [0, 0.05) is 0 Å². The molecule has 0 aromatic heterocycles. The summed E-state index contributed by atoms with van der Waals surface area (Å²) in [5.74, 6) is 3.08. The number of rotatable bonds is 2. The summed E-state index contributed by atoms with van der Waals surface area (Å²) in [7, 11) is -0.813. The van der Waals surface area contributed by atoms with Crippen LogP contribution in [-0.4, -0.2) is 12.1 Å². The van der Waals surface area contributed by atoms with Crippen LogP contribution < -0.4 is 10.2 Å². The van der Waals surface area contributed by atoms with E-state index < -0.39 is 7.12 Å². The maximum Gasteiger partial charge on any atom is 0.491 e. The van der Waals surface area contributed by atoms with Gasteiger partial charge in [-0.1, -0.05) is 12.1 Å². The number of ether oxygens (including phenoxy) is 1. The molecule has 18 heavy (non-hydrogen) atoms. The molecule has 1 aliphatic heterocycles. The van der Waals surface area contributed by atoms with Crippen molar-refractivity contribution in [1.29, 1.82) is 0 Å². The van der Waals surface area contributed by atoms with Crippen molar-refractivity contribution in [1.82, 2.24) is 0 Å². The van der Waals surface area contributed by atoms with Gasteiger partial charge in [0.1, 0.15) is 11.5 Å². The second-order valence-corrected chi connectivity index (χ2v) is 5.12. The van der Waals surface area contributed by atoms with Crippen LogP contribution in [0.2, 0.25) is 0 Å². The molecule has 4 rings (SSSR count). The summed E-state index contributed by atoms with van der Waals surface area (Å²) in [6, 6.07) is 5.74. The van der Waals surface area contributed by atoms with Crippen LogP contribution in [0.15, 0.2) is 42.2 Å². The molecule has 1 heterocycles. The van der Waals surface area contributed by atoms with Gasteiger partial charge >= 0.3 is 7.12 Å². The van der Waals surface area contributed by atoms with Crippen LogP contribution in [0.4, 0.5) is 0 Å². The summed E-state index contributed by atoms with van der Waals surface area (Å²) >= 11 is 0. The van der Waals surface area contributed by atoms with E-state index in [0.717, 1.165) is 28.5 Å². The molecule has 1 aromatic carbocycles. The number of hydrogen-bond donors (Lipinski definition) is 1. The summed E-state index contributed by atoms with van der Waals surface area (Å²) in [6.45, 7) is 0.475. The Morgan fingerprint density at radius 2 is 2.28 bits per heavy atom. The molecule has 3 aliphatic rings. The van der Waals surface area contributed by atoms with Crippen molar-refractivity contribution >= 4 is 12.6 Å². The van der Waals surface area contributed by atoms with Gasteiger partial charge in [0.15, 0.2) is 0 Å². The van der Waals surface area contributed by atoms with Crippen LogP contribution in [0.3, 0.4) is 0 Å². The van der Waals surface area contributed by atoms with Crippen LogP contribution in [0, 0.1) is 11.8 Å². The molecule has 4 heteroatoms. The SMILES string of the molecule is OB1OCc2ccc(OC3=CC4CC4C=C3)cc21. The zero-order valence-electron chi connectivity index (χ0n) is 9.87. The van der Waals surface area contributed by atoms with Crippen molar-refractivity contribution in [3.05, 3.63) is 47.7 Å². The van der Waals surface area contributed by atoms with E-state index in [1.807, 2.05) is 24.3 Å². The molecule has 1 saturated carbocycles. The van der Waals surface area contributed by atoms with Crippen molar-refractivity contribution < 1.29 is 14.4 Å². The van der Waals surface area contributed by atoms with E-state index in [2.05, 4.69) is 12.2 Å². The Kier molecular flexibility index (Phi) is 2.16. The summed E-state index contributed by atoms with van der Waals surface area (Å²) in [6.07, 6.45) is 7.69. The molecule has 90 valence electrons. The fourth-order valence-corrected chi connectivity index (χ4v) is 2.59. The predicted molar refractivity (Wildman–Crippen MR) is 68.3 cm³/mol. The fourth-order valence-electron chi connectivity index (χ4n) is 2.59. The minimum Gasteiger partial charge on any atom is -0.458 e.